The molecule has 1 rings (SSSR count). The summed E-state index contributed by atoms with van der Waals surface area (Å²) in [6.07, 6.45) is 5.77. The number of hydrogen-bond acceptors (Lipinski definition) is 2. The maximum absolute atomic E-state index is 7.63. The standard InChI is InChI=1S/C15H18N2/c1-11-7-9-14(10-8-11)6-4-5-12(2)15(17)13(3)16/h4-10,16-17H,1-3H3/b6-4+,12-5?,16-13?,17-15?. The molecule has 0 amide bonds. The number of rotatable bonds is 4. The molecule has 88 valence electrons. The third kappa shape index (κ3) is 4.19. The lowest BCUT2D eigenvalue weighted by atomic mass is 10.1. The molecule has 0 aliphatic heterocycles. The molecule has 0 unspecified atom stereocenters. The van der Waals surface area contributed by atoms with Crippen molar-refractivity contribution in [3.8, 4) is 0 Å². The molecular weight excluding hydrogens is 208 g/mol. The predicted molar refractivity (Wildman–Crippen MR) is 75.1 cm³/mol. The Morgan fingerprint density at radius 3 is 2.18 bits per heavy atom. The predicted octanol–water partition coefficient (Wildman–Crippen LogP) is 4.01. The van der Waals surface area contributed by atoms with Crippen LogP contribution in [0, 0.1) is 17.7 Å². The van der Waals surface area contributed by atoms with Crippen LogP contribution in [0.2, 0.25) is 0 Å². The summed E-state index contributed by atoms with van der Waals surface area (Å²) >= 11 is 0. The average molecular weight is 226 g/mol. The molecule has 0 heterocycles. The Balaban J connectivity index is 2.72. The van der Waals surface area contributed by atoms with Crippen molar-refractivity contribution in [2.45, 2.75) is 20.8 Å². The lowest BCUT2D eigenvalue weighted by Crippen LogP contribution is -2.08. The molecule has 17 heavy (non-hydrogen) atoms. The van der Waals surface area contributed by atoms with Gasteiger partial charge in [-0.2, -0.15) is 0 Å². The lowest BCUT2D eigenvalue weighted by molar-refractivity contribution is 1.43. The van der Waals surface area contributed by atoms with Gasteiger partial charge in [0.05, 0.1) is 11.4 Å². The molecule has 0 saturated heterocycles. The van der Waals surface area contributed by atoms with E-state index in [9.17, 15) is 0 Å². The van der Waals surface area contributed by atoms with E-state index in [1.54, 1.807) is 6.92 Å². The highest BCUT2D eigenvalue weighted by molar-refractivity contribution is 6.45. The highest BCUT2D eigenvalue weighted by Gasteiger charge is 1.99. The first kappa shape index (κ1) is 13.1. The van der Waals surface area contributed by atoms with Crippen molar-refractivity contribution in [3.05, 3.63) is 53.1 Å². The van der Waals surface area contributed by atoms with Crippen LogP contribution >= 0.6 is 0 Å². The summed E-state index contributed by atoms with van der Waals surface area (Å²) < 4.78 is 0. The van der Waals surface area contributed by atoms with Crippen molar-refractivity contribution < 1.29 is 0 Å². The first-order valence-electron chi connectivity index (χ1n) is 5.57. The van der Waals surface area contributed by atoms with Gasteiger partial charge < -0.3 is 5.41 Å². The van der Waals surface area contributed by atoms with Crippen LogP contribution in [0.4, 0.5) is 0 Å². The van der Waals surface area contributed by atoms with E-state index in [2.05, 4.69) is 31.2 Å². The van der Waals surface area contributed by atoms with Crippen LogP contribution in [0.25, 0.3) is 6.08 Å². The highest BCUT2D eigenvalue weighted by Crippen LogP contribution is 2.06. The van der Waals surface area contributed by atoms with E-state index in [0.29, 0.717) is 11.4 Å². The zero-order chi connectivity index (χ0) is 12.8. The summed E-state index contributed by atoms with van der Waals surface area (Å²) in [6, 6.07) is 8.25. The number of benzene rings is 1. The summed E-state index contributed by atoms with van der Waals surface area (Å²) in [4.78, 5) is 0. The fraction of sp³-hybridized carbons (Fsp3) is 0.200. The van der Waals surface area contributed by atoms with E-state index in [-0.39, 0.29) is 0 Å². The van der Waals surface area contributed by atoms with Gasteiger partial charge in [-0.15, -0.1) is 0 Å². The summed E-state index contributed by atoms with van der Waals surface area (Å²) in [5.41, 5.74) is 3.77. The summed E-state index contributed by atoms with van der Waals surface area (Å²) in [5.74, 6) is 0. The van der Waals surface area contributed by atoms with Crippen LogP contribution in [0.3, 0.4) is 0 Å². The summed E-state index contributed by atoms with van der Waals surface area (Å²) in [5, 5.41) is 15.0. The molecule has 0 atom stereocenters. The SMILES string of the molecule is CC(=N)C(=N)C(C)=C/C=C/c1ccc(C)cc1. The fourth-order valence-electron chi connectivity index (χ4n) is 1.36. The number of aryl methyl sites for hydroxylation is 1. The second-order valence-corrected chi connectivity index (χ2v) is 4.12. The Bertz CT molecular complexity index is 476. The van der Waals surface area contributed by atoms with Crippen molar-refractivity contribution in [1.29, 1.82) is 10.8 Å². The van der Waals surface area contributed by atoms with Crippen molar-refractivity contribution >= 4 is 17.5 Å². The number of allylic oxidation sites excluding steroid dienone is 3. The molecule has 0 saturated carbocycles. The summed E-state index contributed by atoms with van der Waals surface area (Å²) in [7, 11) is 0. The molecule has 0 fully saturated rings. The van der Waals surface area contributed by atoms with Gasteiger partial charge in [-0.3, -0.25) is 5.41 Å². The zero-order valence-corrected chi connectivity index (χ0v) is 10.5. The van der Waals surface area contributed by atoms with E-state index in [4.69, 9.17) is 10.8 Å². The number of nitrogens with one attached hydrogen (secondary N) is 2. The molecule has 0 aliphatic carbocycles. The molecule has 0 spiro atoms. The van der Waals surface area contributed by atoms with Crippen molar-refractivity contribution in [2.24, 2.45) is 0 Å². The van der Waals surface area contributed by atoms with Crippen LogP contribution < -0.4 is 0 Å². The van der Waals surface area contributed by atoms with E-state index in [1.807, 2.05) is 25.2 Å². The van der Waals surface area contributed by atoms with Gasteiger partial charge in [-0.1, -0.05) is 48.1 Å². The second-order valence-electron chi connectivity index (χ2n) is 4.12. The Labute approximate surface area is 103 Å². The van der Waals surface area contributed by atoms with Crippen LogP contribution in [-0.4, -0.2) is 11.4 Å². The van der Waals surface area contributed by atoms with Gasteiger partial charge in [0.15, 0.2) is 0 Å². The molecule has 2 nitrogen and oxygen atoms in total. The van der Waals surface area contributed by atoms with E-state index in [1.165, 1.54) is 5.56 Å². The van der Waals surface area contributed by atoms with Crippen LogP contribution in [0.1, 0.15) is 25.0 Å². The second kappa shape index (κ2) is 5.94. The van der Waals surface area contributed by atoms with E-state index >= 15 is 0 Å². The van der Waals surface area contributed by atoms with Gasteiger partial charge >= 0.3 is 0 Å². The Morgan fingerprint density at radius 1 is 1.06 bits per heavy atom. The quantitative estimate of drug-likeness (QED) is 0.575. The minimum absolute atomic E-state index is 0.290. The molecule has 0 bridgehead atoms. The molecule has 0 aromatic heterocycles. The summed E-state index contributed by atoms with van der Waals surface area (Å²) in [6.45, 7) is 5.54. The topological polar surface area (TPSA) is 47.7 Å². The van der Waals surface area contributed by atoms with Crippen LogP contribution in [-0.2, 0) is 0 Å². The third-order valence-electron chi connectivity index (χ3n) is 2.48. The van der Waals surface area contributed by atoms with Crippen molar-refractivity contribution in [3.63, 3.8) is 0 Å². The van der Waals surface area contributed by atoms with Gasteiger partial charge in [-0.05, 0) is 31.9 Å². The molecule has 0 radical (unpaired) electrons. The maximum atomic E-state index is 7.63. The van der Waals surface area contributed by atoms with E-state index < -0.39 is 0 Å². The fourth-order valence-corrected chi connectivity index (χ4v) is 1.36. The highest BCUT2D eigenvalue weighted by atomic mass is 14.5. The van der Waals surface area contributed by atoms with Crippen LogP contribution in [0.5, 0.6) is 0 Å². The van der Waals surface area contributed by atoms with Gasteiger partial charge in [0, 0.05) is 0 Å². The average Bonchev–Trinajstić information content (AvgIpc) is 2.30. The number of hydrogen-bond donors (Lipinski definition) is 2. The monoisotopic (exact) mass is 226 g/mol. The lowest BCUT2D eigenvalue weighted by Gasteiger charge is -1.99. The van der Waals surface area contributed by atoms with Crippen molar-refractivity contribution in [2.75, 3.05) is 0 Å². The molecule has 2 N–H and O–H groups in total. The van der Waals surface area contributed by atoms with Gasteiger partial charge in [0.1, 0.15) is 0 Å². The third-order valence-corrected chi connectivity index (χ3v) is 2.48. The molecule has 1 aromatic carbocycles. The molecule has 2 heteroatoms. The molecule has 1 aromatic rings. The van der Waals surface area contributed by atoms with Crippen LogP contribution in [0.15, 0.2) is 42.0 Å². The van der Waals surface area contributed by atoms with E-state index in [0.717, 1.165) is 11.1 Å². The van der Waals surface area contributed by atoms with Gasteiger partial charge in [-0.25, -0.2) is 0 Å². The largest absolute Gasteiger partial charge is 0.303 e. The zero-order valence-electron chi connectivity index (χ0n) is 10.5. The van der Waals surface area contributed by atoms with Gasteiger partial charge in [0.25, 0.3) is 0 Å². The minimum atomic E-state index is 0.290. The first-order valence-corrected chi connectivity index (χ1v) is 5.57. The Morgan fingerprint density at radius 2 is 1.65 bits per heavy atom. The molecular formula is C15H18N2. The smallest absolute Gasteiger partial charge is 0.0773 e. The maximum Gasteiger partial charge on any atom is 0.0773 e. The Kier molecular flexibility index (Phi) is 4.58. The first-order chi connectivity index (χ1) is 8.00. The normalized spacial score (nSPS) is 11.8. The minimum Gasteiger partial charge on any atom is -0.303 e. The Hall–Kier alpha value is -1.96. The van der Waals surface area contributed by atoms with Gasteiger partial charge in [0.2, 0.25) is 0 Å². The van der Waals surface area contributed by atoms with Crippen molar-refractivity contribution in [1.82, 2.24) is 0 Å². The molecule has 0 aliphatic rings.